The van der Waals surface area contributed by atoms with Gasteiger partial charge in [-0.15, -0.1) is 0 Å². The molecule has 0 aromatic heterocycles. The number of likely N-dealkylation sites (N-methyl/N-ethyl adjacent to an activating group) is 1. The summed E-state index contributed by atoms with van der Waals surface area (Å²) in [4.78, 5) is 18.5. The van der Waals surface area contributed by atoms with Crippen LogP contribution in [0.2, 0.25) is 0 Å². The maximum absolute atomic E-state index is 12.1. The van der Waals surface area contributed by atoms with Crippen LogP contribution in [0, 0.1) is 5.92 Å². The average Bonchev–Trinajstić information content (AvgIpc) is 2.77. The molecule has 0 atom stereocenters. The Morgan fingerprint density at radius 1 is 1.10 bits per heavy atom. The first-order valence-corrected chi connectivity index (χ1v) is 11.0. The smallest absolute Gasteiger partial charge is 0.220 e. The summed E-state index contributed by atoms with van der Waals surface area (Å²) >= 11 is 0. The van der Waals surface area contributed by atoms with Crippen LogP contribution in [0.5, 0.6) is 11.5 Å². The fourth-order valence-electron chi connectivity index (χ4n) is 3.93. The van der Waals surface area contributed by atoms with Gasteiger partial charge in [-0.3, -0.25) is 9.79 Å². The minimum atomic E-state index is 0.167. The van der Waals surface area contributed by atoms with Crippen LogP contribution in [-0.2, 0) is 11.2 Å². The summed E-state index contributed by atoms with van der Waals surface area (Å²) in [7, 11) is 7.07. The predicted molar refractivity (Wildman–Crippen MR) is 121 cm³/mol. The summed E-state index contributed by atoms with van der Waals surface area (Å²) in [6, 6.07) is 5.98. The molecule has 1 aromatic carbocycles. The van der Waals surface area contributed by atoms with Crippen LogP contribution >= 0.6 is 0 Å². The molecule has 0 aliphatic heterocycles. The van der Waals surface area contributed by atoms with Gasteiger partial charge in [0.1, 0.15) is 0 Å². The summed E-state index contributed by atoms with van der Waals surface area (Å²) < 4.78 is 10.7. The van der Waals surface area contributed by atoms with Gasteiger partial charge in [-0.1, -0.05) is 25.3 Å². The van der Waals surface area contributed by atoms with E-state index in [9.17, 15) is 4.79 Å². The molecule has 1 fully saturated rings. The lowest BCUT2D eigenvalue weighted by atomic mass is 9.87. The van der Waals surface area contributed by atoms with Gasteiger partial charge in [0.05, 0.1) is 14.2 Å². The molecule has 1 aliphatic rings. The molecule has 7 heteroatoms. The fourth-order valence-corrected chi connectivity index (χ4v) is 3.93. The largest absolute Gasteiger partial charge is 0.493 e. The van der Waals surface area contributed by atoms with Crippen LogP contribution < -0.4 is 20.1 Å². The van der Waals surface area contributed by atoms with Gasteiger partial charge in [-0.25, -0.2) is 0 Å². The Morgan fingerprint density at radius 3 is 2.47 bits per heavy atom. The molecule has 0 bridgehead atoms. The lowest BCUT2D eigenvalue weighted by molar-refractivity contribution is -0.122. The highest BCUT2D eigenvalue weighted by atomic mass is 16.5. The third kappa shape index (κ3) is 7.76. The molecule has 2 rings (SSSR count). The van der Waals surface area contributed by atoms with Gasteiger partial charge < -0.3 is 25.0 Å². The number of aliphatic imine (C=N–C) groups is 1. The topological polar surface area (TPSA) is 75.2 Å². The molecule has 7 nitrogen and oxygen atoms in total. The molecule has 1 amide bonds. The minimum Gasteiger partial charge on any atom is -0.493 e. The van der Waals surface area contributed by atoms with E-state index in [0.29, 0.717) is 25.4 Å². The second-order valence-electron chi connectivity index (χ2n) is 7.89. The molecule has 0 radical (unpaired) electrons. The van der Waals surface area contributed by atoms with Gasteiger partial charge in [0.25, 0.3) is 0 Å². The number of carbonyl (C=O) groups excluding carboxylic acids is 1. The van der Waals surface area contributed by atoms with Crippen LogP contribution in [0.4, 0.5) is 0 Å². The fraction of sp³-hybridized carbons (Fsp3) is 0.652. The Bertz CT molecular complexity index is 687. The van der Waals surface area contributed by atoms with E-state index < -0.39 is 0 Å². The van der Waals surface area contributed by atoms with Crippen LogP contribution in [-0.4, -0.2) is 64.7 Å². The van der Waals surface area contributed by atoms with Crippen molar-refractivity contribution in [3.05, 3.63) is 23.8 Å². The molecular formula is C23H38N4O3. The number of nitrogens with zero attached hydrogens (tertiary/aromatic N) is 2. The highest BCUT2D eigenvalue weighted by molar-refractivity contribution is 5.80. The number of guanidine groups is 1. The number of nitrogens with one attached hydrogen (secondary N) is 2. The highest BCUT2D eigenvalue weighted by Crippen LogP contribution is 2.28. The summed E-state index contributed by atoms with van der Waals surface area (Å²) in [6.07, 6.45) is 7.78. The van der Waals surface area contributed by atoms with Gasteiger partial charge >= 0.3 is 0 Å². The normalized spacial score (nSPS) is 14.9. The second kappa shape index (κ2) is 13.0. The standard InChI is InChI=1S/C23H38N4O3/c1-24-23(26-14-13-25-22(28)17-18-8-6-5-7-9-18)27(2)15-12-19-10-11-20(29-3)21(16-19)30-4/h10-11,16,18H,5-9,12-15,17H2,1-4H3,(H,24,26)(H,25,28). The van der Waals surface area contributed by atoms with E-state index in [-0.39, 0.29) is 5.91 Å². The zero-order chi connectivity index (χ0) is 21.8. The molecule has 30 heavy (non-hydrogen) atoms. The van der Waals surface area contributed by atoms with E-state index in [1.807, 2.05) is 25.2 Å². The molecule has 2 N–H and O–H groups in total. The van der Waals surface area contributed by atoms with Gasteiger partial charge in [0.2, 0.25) is 5.91 Å². The Kier molecular flexibility index (Phi) is 10.3. The van der Waals surface area contributed by atoms with Crippen molar-refractivity contribution in [2.45, 2.75) is 44.9 Å². The molecule has 0 saturated heterocycles. The first kappa shape index (κ1) is 23.8. The van der Waals surface area contributed by atoms with Gasteiger partial charge in [-0.2, -0.15) is 0 Å². The molecule has 0 unspecified atom stereocenters. The molecule has 0 heterocycles. The Labute approximate surface area is 181 Å². The SMILES string of the molecule is CN=C(NCCNC(=O)CC1CCCCC1)N(C)CCc1ccc(OC)c(OC)c1. The molecule has 0 spiro atoms. The first-order chi connectivity index (χ1) is 14.6. The Morgan fingerprint density at radius 2 is 1.80 bits per heavy atom. The van der Waals surface area contributed by atoms with Crippen molar-refractivity contribution in [2.75, 3.05) is 47.9 Å². The van der Waals surface area contributed by atoms with E-state index in [2.05, 4.69) is 20.5 Å². The second-order valence-corrected chi connectivity index (χ2v) is 7.89. The van der Waals surface area contributed by atoms with Crippen molar-refractivity contribution in [1.82, 2.24) is 15.5 Å². The van der Waals surface area contributed by atoms with Gasteiger partial charge in [-0.05, 0) is 42.9 Å². The van der Waals surface area contributed by atoms with Gasteiger partial charge in [0, 0.05) is 40.2 Å². The lowest BCUT2D eigenvalue weighted by Crippen LogP contribution is -2.43. The van der Waals surface area contributed by atoms with Crippen molar-refractivity contribution >= 4 is 11.9 Å². The molecule has 168 valence electrons. The van der Waals surface area contributed by atoms with Gasteiger partial charge in [0.15, 0.2) is 17.5 Å². The van der Waals surface area contributed by atoms with Crippen LogP contribution in [0.25, 0.3) is 0 Å². The zero-order valence-corrected chi connectivity index (χ0v) is 19.0. The number of hydrogen-bond donors (Lipinski definition) is 2. The monoisotopic (exact) mass is 418 g/mol. The van der Waals surface area contributed by atoms with E-state index in [1.54, 1.807) is 21.3 Å². The maximum Gasteiger partial charge on any atom is 0.220 e. The number of methoxy groups -OCH3 is 2. The predicted octanol–water partition coefficient (Wildman–Crippen LogP) is 2.84. The van der Waals surface area contributed by atoms with E-state index >= 15 is 0 Å². The summed E-state index contributed by atoms with van der Waals surface area (Å²) in [6.45, 7) is 2.07. The quantitative estimate of drug-likeness (QED) is 0.347. The van der Waals surface area contributed by atoms with Crippen LogP contribution in [0.1, 0.15) is 44.1 Å². The summed E-state index contributed by atoms with van der Waals surface area (Å²) in [5, 5.41) is 6.35. The summed E-state index contributed by atoms with van der Waals surface area (Å²) in [5.41, 5.74) is 1.17. The summed E-state index contributed by atoms with van der Waals surface area (Å²) in [5.74, 6) is 3.03. The number of ether oxygens (including phenoxy) is 2. The van der Waals surface area contributed by atoms with Crippen molar-refractivity contribution in [1.29, 1.82) is 0 Å². The van der Waals surface area contributed by atoms with Crippen LogP contribution in [0.15, 0.2) is 23.2 Å². The molecule has 1 saturated carbocycles. The number of rotatable bonds is 10. The van der Waals surface area contributed by atoms with Crippen molar-refractivity contribution in [2.24, 2.45) is 10.9 Å². The zero-order valence-electron chi connectivity index (χ0n) is 19.0. The Balaban J connectivity index is 1.69. The number of benzene rings is 1. The van der Waals surface area contributed by atoms with E-state index in [4.69, 9.17) is 9.47 Å². The van der Waals surface area contributed by atoms with Crippen molar-refractivity contribution in [3.8, 4) is 11.5 Å². The third-order valence-electron chi connectivity index (χ3n) is 5.69. The Hall–Kier alpha value is -2.44. The molecule has 1 aliphatic carbocycles. The average molecular weight is 419 g/mol. The van der Waals surface area contributed by atoms with E-state index in [1.165, 1.54) is 37.7 Å². The first-order valence-electron chi connectivity index (χ1n) is 11.0. The van der Waals surface area contributed by atoms with E-state index in [0.717, 1.165) is 30.4 Å². The maximum atomic E-state index is 12.1. The molecule has 1 aromatic rings. The van der Waals surface area contributed by atoms with Crippen molar-refractivity contribution < 1.29 is 14.3 Å². The lowest BCUT2D eigenvalue weighted by Gasteiger charge is -2.23. The number of carbonyl (C=O) groups is 1. The number of amides is 1. The minimum absolute atomic E-state index is 0.167. The molecular weight excluding hydrogens is 380 g/mol. The number of hydrogen-bond acceptors (Lipinski definition) is 4. The third-order valence-corrected chi connectivity index (χ3v) is 5.69. The van der Waals surface area contributed by atoms with Crippen molar-refractivity contribution in [3.63, 3.8) is 0 Å². The highest BCUT2D eigenvalue weighted by Gasteiger charge is 2.16. The van der Waals surface area contributed by atoms with Crippen LogP contribution in [0.3, 0.4) is 0 Å².